The van der Waals surface area contributed by atoms with Crippen LogP contribution < -0.4 is 4.74 Å². The number of aromatic nitrogens is 5. The second-order valence-corrected chi connectivity index (χ2v) is 15.8. The number of nitrogens with zero attached hydrogens (tertiary/aromatic N) is 5. The van der Waals surface area contributed by atoms with Crippen LogP contribution in [-0.2, 0) is 19.4 Å². The van der Waals surface area contributed by atoms with Crippen molar-refractivity contribution in [1.29, 1.82) is 0 Å². The molecule has 4 heterocycles. The summed E-state index contributed by atoms with van der Waals surface area (Å²) in [4.78, 5) is 9.03. The van der Waals surface area contributed by atoms with Crippen molar-refractivity contribution in [2.75, 3.05) is 0 Å². The number of para-hydroxylation sites is 3. The summed E-state index contributed by atoms with van der Waals surface area (Å²) in [7, 11) is 0. The number of hydrogen-bond acceptors (Lipinski definition) is 3. The number of pyridine rings is 2. The van der Waals surface area contributed by atoms with Crippen LogP contribution in [0.1, 0.15) is 0 Å². The van der Waals surface area contributed by atoms with E-state index in [1.54, 1.807) is 18.5 Å². The average molecular weight is 971 g/mol. The van der Waals surface area contributed by atoms with E-state index in [1.165, 1.54) is 6.07 Å². The van der Waals surface area contributed by atoms with E-state index < -0.39 is 0 Å². The van der Waals surface area contributed by atoms with E-state index in [-0.39, 0.29) is 5.82 Å². The maximum atomic E-state index is 14.7. The first-order chi connectivity index (χ1) is 30.1. The molecular weight excluding hydrogens is 937 g/mol. The van der Waals surface area contributed by atoms with Gasteiger partial charge in [0.1, 0.15) is 5.82 Å². The fraction of sp³-hybridized carbons (Fsp3) is 0. The molecule has 0 atom stereocenters. The van der Waals surface area contributed by atoms with Gasteiger partial charge in [0.15, 0.2) is 0 Å². The van der Waals surface area contributed by atoms with Crippen LogP contribution in [0.2, 0.25) is 0 Å². The van der Waals surface area contributed by atoms with Crippen LogP contribution in [-0.4, -0.2) is 23.7 Å². The van der Waals surface area contributed by atoms with E-state index >= 15 is 0 Å². The second kappa shape index (κ2) is 15.3. The third-order valence-electron chi connectivity index (χ3n) is 11.1. The smallest absolute Gasteiger partial charge is 0.265 e. The van der Waals surface area contributed by atoms with Crippen LogP contribution >= 0.6 is 0 Å². The summed E-state index contributed by atoms with van der Waals surface area (Å²) < 4.78 is 29.2. The Morgan fingerprint density at radius 2 is 1.13 bits per heavy atom. The molecule has 0 aliphatic carbocycles. The van der Waals surface area contributed by atoms with E-state index in [0.29, 0.717) is 11.5 Å². The Bertz CT molecular complexity index is 3410. The van der Waals surface area contributed by atoms with Gasteiger partial charge >= 0.3 is 294 Å². The van der Waals surface area contributed by atoms with Crippen molar-refractivity contribution in [3.8, 4) is 62.1 Å². The standard InChI is InChI=1S/C53H34FN5O.Pt/c54-40-22-25-48-47(31-40)46-24-23-43(33-51(46)59(48)52-26-21-39(34-56-52)36-27-29-55-30-28-36)60-42-16-9-15-41(32-42)57-35-58(50-20-8-7-19-49(50)57)53-44(37-11-3-1-4-12-37)17-10-18-45(53)38-13-5-2-6-14-38;/h1-34H;. The topological polar surface area (TPSA) is 49.8 Å². The minimum absolute atomic E-state index is 0.293. The predicted molar refractivity (Wildman–Crippen MR) is 239 cm³/mol. The van der Waals surface area contributed by atoms with Crippen LogP contribution in [0.25, 0.3) is 83.4 Å². The Kier molecular flexibility index (Phi) is 9.17. The molecule has 61 heavy (non-hydrogen) atoms. The number of halogens is 1. The molecule has 0 unspecified atom stereocenters. The molecule has 0 N–H and O–H groups in total. The van der Waals surface area contributed by atoms with Crippen LogP contribution in [0, 0.1) is 9.62 Å². The van der Waals surface area contributed by atoms with E-state index in [9.17, 15) is 4.39 Å². The molecule has 0 saturated carbocycles. The molecule has 4 aromatic heterocycles. The van der Waals surface area contributed by atoms with Crippen molar-refractivity contribution >= 4 is 32.8 Å². The van der Waals surface area contributed by atoms with Crippen molar-refractivity contribution in [3.63, 3.8) is 0 Å². The van der Waals surface area contributed by atoms with Crippen molar-refractivity contribution in [2.45, 2.75) is 0 Å². The molecule has 294 valence electrons. The Morgan fingerprint density at radius 3 is 1.84 bits per heavy atom. The number of benzene rings is 7. The number of rotatable bonds is 8. The van der Waals surface area contributed by atoms with Gasteiger partial charge < -0.3 is 0 Å². The second-order valence-electron chi connectivity index (χ2n) is 14.8. The van der Waals surface area contributed by atoms with Gasteiger partial charge in [-0.05, 0) is 29.8 Å². The van der Waals surface area contributed by atoms with Gasteiger partial charge in [0.2, 0.25) is 0 Å². The molecule has 8 heteroatoms. The number of fused-ring (bicyclic) bond motifs is 4. The molecule has 0 saturated heterocycles. The first-order valence-corrected chi connectivity index (χ1v) is 21.0. The summed E-state index contributed by atoms with van der Waals surface area (Å²) in [6.45, 7) is 0. The van der Waals surface area contributed by atoms with Crippen molar-refractivity contribution in [2.24, 2.45) is 0 Å². The van der Waals surface area contributed by atoms with Crippen molar-refractivity contribution in [1.82, 2.24) is 23.7 Å². The fourth-order valence-corrected chi connectivity index (χ4v) is 9.49. The van der Waals surface area contributed by atoms with Gasteiger partial charge in [-0.25, -0.2) is 4.39 Å². The van der Waals surface area contributed by atoms with Gasteiger partial charge in [-0.15, -0.1) is 0 Å². The van der Waals surface area contributed by atoms with E-state index in [0.717, 1.165) is 87.2 Å². The fourth-order valence-electron chi connectivity index (χ4n) is 8.39. The van der Waals surface area contributed by atoms with Crippen molar-refractivity contribution in [3.05, 3.63) is 216 Å². The maximum absolute atomic E-state index is 14.7. The van der Waals surface area contributed by atoms with Gasteiger partial charge in [0.05, 0.1) is 0 Å². The van der Waals surface area contributed by atoms with Crippen LogP contribution in [0.15, 0.2) is 207 Å². The van der Waals surface area contributed by atoms with Crippen LogP contribution in [0.4, 0.5) is 4.39 Å². The minimum atomic E-state index is -0.293. The van der Waals surface area contributed by atoms with Gasteiger partial charge in [-0.2, -0.15) is 0 Å². The Hall–Kier alpha value is -7.47. The normalized spacial score (nSPS) is 11.5. The van der Waals surface area contributed by atoms with Gasteiger partial charge in [0.25, 0.3) is 0 Å². The molecule has 7 aromatic carbocycles. The molecule has 0 aliphatic heterocycles. The van der Waals surface area contributed by atoms with E-state index in [2.05, 4.69) is 153 Å². The molecule has 11 rings (SSSR count). The molecule has 11 aromatic rings. The zero-order chi connectivity index (χ0) is 40.9. The molecule has 0 radical (unpaired) electrons. The third-order valence-corrected chi connectivity index (χ3v) is 12.2. The minimum Gasteiger partial charge on any atom is -0.265 e. The third kappa shape index (κ3) is 6.51. The molecule has 0 fully saturated rings. The van der Waals surface area contributed by atoms with E-state index in [1.807, 2.05) is 66.9 Å². The summed E-state index contributed by atoms with van der Waals surface area (Å²) >= 11 is 2.47. The number of hydrogen-bond donors (Lipinski definition) is 0. The van der Waals surface area contributed by atoms with Crippen LogP contribution in [0.5, 0.6) is 11.5 Å². The van der Waals surface area contributed by atoms with E-state index in [4.69, 9.17) is 9.72 Å². The number of imidazole rings is 1. The molecular formula is C53H34FN5OPt. The average Bonchev–Trinajstić information content (AvgIpc) is 3.79. The van der Waals surface area contributed by atoms with Crippen LogP contribution in [0.3, 0.4) is 0 Å². The van der Waals surface area contributed by atoms with Gasteiger partial charge in [-0.1, -0.05) is 0 Å². The SMILES string of the molecule is Fc1ccc2c(c1)c1ccc(Oc3cccc(-n4[c](=[Pt])n(-c5c(-c6ccccc6)cccc5-c5ccccc5)c5ccccc54)c3)cc1n2-c1ccc(-c2ccncc2)cn1. The van der Waals surface area contributed by atoms with Gasteiger partial charge in [-0.3, -0.25) is 4.98 Å². The monoisotopic (exact) mass is 970 g/mol. The Labute approximate surface area is 361 Å². The summed E-state index contributed by atoms with van der Waals surface area (Å²) in [5, 5.41) is 1.70. The summed E-state index contributed by atoms with van der Waals surface area (Å²) in [5.74, 6) is 1.75. The van der Waals surface area contributed by atoms with Crippen molar-refractivity contribution < 1.29 is 28.5 Å². The first-order valence-electron chi connectivity index (χ1n) is 19.9. The molecule has 0 aliphatic rings. The Morgan fingerprint density at radius 1 is 0.459 bits per heavy atom. The molecule has 0 amide bonds. The molecule has 0 bridgehead atoms. The number of ether oxygens (including phenoxy) is 1. The summed E-state index contributed by atoms with van der Waals surface area (Å²) in [6.07, 6.45) is 5.40. The first kappa shape index (κ1) is 36.6. The van der Waals surface area contributed by atoms with Gasteiger partial charge in [0, 0.05) is 24.2 Å². The zero-order valence-corrected chi connectivity index (χ0v) is 34.7. The summed E-state index contributed by atoms with van der Waals surface area (Å²) in [5.41, 5.74) is 12.5. The molecule has 0 spiro atoms. The quantitative estimate of drug-likeness (QED) is 0.152. The zero-order valence-electron chi connectivity index (χ0n) is 32.5. The summed E-state index contributed by atoms with van der Waals surface area (Å²) in [6, 6.07) is 63.3. The predicted octanol–water partition coefficient (Wildman–Crippen LogP) is 13.3. The molecule has 6 nitrogen and oxygen atoms in total. The Balaban J connectivity index is 1.02.